The van der Waals surface area contributed by atoms with Gasteiger partial charge in [0, 0.05) is 56.2 Å². The minimum absolute atomic E-state index is 0.0305. The highest BCUT2D eigenvalue weighted by Gasteiger charge is 2.41. The fourth-order valence-corrected chi connectivity index (χ4v) is 5.37. The normalized spacial score (nSPS) is 23.5. The Bertz CT molecular complexity index is 1040. The molecule has 34 heavy (non-hydrogen) atoms. The molecule has 9 nitrogen and oxygen atoms in total. The maximum Gasteiger partial charge on any atom is 0.303 e. The van der Waals surface area contributed by atoms with E-state index in [0.29, 0.717) is 42.3 Å². The summed E-state index contributed by atoms with van der Waals surface area (Å²) >= 11 is 0. The predicted molar refractivity (Wildman–Crippen MR) is 127 cm³/mol. The summed E-state index contributed by atoms with van der Waals surface area (Å²) in [6.07, 6.45) is 2.85. The number of nitrogens with one attached hydrogen (secondary N) is 1. The number of fused-ring (bicyclic) bond motifs is 3. The van der Waals surface area contributed by atoms with Crippen LogP contribution in [0.4, 0.5) is 0 Å². The van der Waals surface area contributed by atoms with Crippen molar-refractivity contribution in [3.8, 4) is 22.8 Å². The van der Waals surface area contributed by atoms with Gasteiger partial charge in [-0.1, -0.05) is 0 Å². The molecule has 3 aliphatic rings. The lowest BCUT2D eigenvalue weighted by molar-refractivity contribution is -0.137. The van der Waals surface area contributed by atoms with Crippen molar-refractivity contribution in [2.24, 2.45) is 13.0 Å². The fraction of sp³-hybridized carbons (Fsp3) is 0.560. The number of ether oxygens (including phenoxy) is 2. The van der Waals surface area contributed by atoms with Crippen molar-refractivity contribution in [3.63, 3.8) is 0 Å². The van der Waals surface area contributed by atoms with Crippen LogP contribution in [-0.4, -0.2) is 71.6 Å². The minimum Gasteiger partial charge on any atom is -0.493 e. The zero-order chi connectivity index (χ0) is 24.2. The van der Waals surface area contributed by atoms with E-state index in [4.69, 9.17) is 19.7 Å². The molecule has 4 atom stereocenters. The molecule has 184 valence electrons. The summed E-state index contributed by atoms with van der Waals surface area (Å²) in [5, 5.41) is 16.5. The van der Waals surface area contributed by atoms with Gasteiger partial charge < -0.3 is 19.9 Å². The van der Waals surface area contributed by atoms with E-state index in [2.05, 4.69) is 16.3 Å². The maximum absolute atomic E-state index is 12.1. The third-order valence-electron chi connectivity index (χ3n) is 7.18. The van der Waals surface area contributed by atoms with Crippen LogP contribution < -0.4 is 14.8 Å². The number of aliphatic carboxylic acids is 1. The molecule has 3 fully saturated rings. The van der Waals surface area contributed by atoms with Crippen LogP contribution in [0.15, 0.2) is 24.3 Å². The van der Waals surface area contributed by atoms with E-state index in [1.807, 2.05) is 29.9 Å². The van der Waals surface area contributed by atoms with Gasteiger partial charge in [0.1, 0.15) is 0 Å². The molecule has 5 rings (SSSR count). The third kappa shape index (κ3) is 5.19. The Morgan fingerprint density at radius 2 is 1.97 bits per heavy atom. The first kappa shape index (κ1) is 24.1. The van der Waals surface area contributed by atoms with Crippen molar-refractivity contribution in [2.45, 2.75) is 44.1 Å². The van der Waals surface area contributed by atoms with E-state index in [1.165, 1.54) is 5.69 Å². The topological polar surface area (TPSA) is 106 Å². The van der Waals surface area contributed by atoms with E-state index < -0.39 is 5.97 Å². The number of rotatable bonds is 10. The molecule has 4 unspecified atom stereocenters. The second-order valence-corrected chi connectivity index (χ2v) is 9.24. The number of hydrogen-bond acceptors (Lipinski definition) is 6. The van der Waals surface area contributed by atoms with E-state index in [0.717, 1.165) is 37.2 Å². The second-order valence-electron chi connectivity index (χ2n) is 9.24. The van der Waals surface area contributed by atoms with Gasteiger partial charge in [-0.2, -0.15) is 5.10 Å². The molecule has 2 aromatic rings. The van der Waals surface area contributed by atoms with Crippen molar-refractivity contribution in [1.82, 2.24) is 20.0 Å². The second kappa shape index (κ2) is 10.5. The van der Waals surface area contributed by atoms with E-state index in [9.17, 15) is 9.59 Å². The standard InChI is InChI=1S/C25H34N4O5/c1-28-21(13-20(27-28)17-7-8-22(33-2)23(12-17)34-3)19-15-29-10-9-16(19)11-18(29)14-26-24(30)5-4-6-25(31)32/h7-8,12-13,16,18-19H,4-6,9-11,14-15H2,1-3H3,(H,26,30)(H,31,32). The average molecular weight is 471 g/mol. The molecule has 0 radical (unpaired) electrons. The van der Waals surface area contributed by atoms with Crippen LogP contribution in [0.1, 0.15) is 43.7 Å². The van der Waals surface area contributed by atoms with Gasteiger partial charge in [-0.25, -0.2) is 0 Å². The Kier molecular flexibility index (Phi) is 7.41. The first-order valence-electron chi connectivity index (χ1n) is 11.9. The number of carbonyl (C=O) groups excluding carboxylic acids is 1. The number of carbonyl (C=O) groups is 2. The number of carboxylic acid groups (broad SMARTS) is 1. The van der Waals surface area contributed by atoms with Crippen LogP contribution in [0, 0.1) is 5.92 Å². The summed E-state index contributed by atoms with van der Waals surface area (Å²) in [4.78, 5) is 25.2. The van der Waals surface area contributed by atoms with Crippen LogP contribution in [0.3, 0.4) is 0 Å². The number of carboxylic acids is 1. The first-order valence-corrected chi connectivity index (χ1v) is 11.9. The number of amides is 1. The summed E-state index contributed by atoms with van der Waals surface area (Å²) in [5.41, 5.74) is 3.14. The van der Waals surface area contributed by atoms with Crippen molar-refractivity contribution in [3.05, 3.63) is 30.0 Å². The summed E-state index contributed by atoms with van der Waals surface area (Å²) < 4.78 is 12.8. The highest BCUT2D eigenvalue weighted by molar-refractivity contribution is 5.76. The van der Waals surface area contributed by atoms with Gasteiger partial charge in [0.15, 0.2) is 11.5 Å². The average Bonchev–Trinajstić information content (AvgIpc) is 3.23. The highest BCUT2D eigenvalue weighted by Crippen LogP contribution is 2.42. The molecular formula is C25H34N4O5. The van der Waals surface area contributed by atoms with Gasteiger partial charge in [-0.05, 0) is 56.0 Å². The Morgan fingerprint density at radius 1 is 1.18 bits per heavy atom. The van der Waals surface area contributed by atoms with Crippen molar-refractivity contribution in [1.29, 1.82) is 0 Å². The van der Waals surface area contributed by atoms with Crippen molar-refractivity contribution in [2.75, 3.05) is 33.9 Å². The van der Waals surface area contributed by atoms with E-state index in [1.54, 1.807) is 14.2 Å². The van der Waals surface area contributed by atoms with Gasteiger partial charge in [-0.3, -0.25) is 19.2 Å². The highest BCUT2D eigenvalue weighted by atomic mass is 16.5. The lowest BCUT2D eigenvalue weighted by atomic mass is 9.74. The molecule has 3 aliphatic heterocycles. The smallest absolute Gasteiger partial charge is 0.303 e. The lowest BCUT2D eigenvalue weighted by Crippen LogP contribution is -2.56. The molecule has 0 saturated carbocycles. The Morgan fingerprint density at radius 3 is 2.65 bits per heavy atom. The first-order chi connectivity index (χ1) is 16.4. The number of piperidine rings is 3. The monoisotopic (exact) mass is 470 g/mol. The van der Waals surface area contributed by atoms with Gasteiger partial charge in [-0.15, -0.1) is 0 Å². The number of methoxy groups -OCH3 is 2. The maximum atomic E-state index is 12.1. The number of benzene rings is 1. The molecule has 1 aromatic heterocycles. The van der Waals surface area contributed by atoms with Crippen LogP contribution >= 0.6 is 0 Å². The molecule has 3 saturated heterocycles. The van der Waals surface area contributed by atoms with E-state index >= 15 is 0 Å². The van der Waals surface area contributed by atoms with Gasteiger partial charge >= 0.3 is 5.97 Å². The van der Waals surface area contributed by atoms with Gasteiger partial charge in [0.05, 0.1) is 19.9 Å². The molecule has 4 heterocycles. The molecule has 9 heteroatoms. The minimum atomic E-state index is -0.862. The largest absolute Gasteiger partial charge is 0.493 e. The molecule has 1 amide bonds. The Balaban J connectivity index is 1.39. The summed E-state index contributed by atoms with van der Waals surface area (Å²) in [5.74, 6) is 1.41. The molecule has 2 N–H and O–H groups in total. The van der Waals surface area contributed by atoms with Crippen LogP contribution in [0.5, 0.6) is 11.5 Å². The Labute approximate surface area is 200 Å². The summed E-state index contributed by atoms with van der Waals surface area (Å²) in [6.45, 7) is 2.62. The van der Waals surface area contributed by atoms with Gasteiger partial charge in [0.25, 0.3) is 0 Å². The quantitative estimate of drug-likeness (QED) is 0.550. The van der Waals surface area contributed by atoms with Gasteiger partial charge in [0.2, 0.25) is 5.91 Å². The lowest BCUT2D eigenvalue weighted by Gasteiger charge is -2.50. The number of aromatic nitrogens is 2. The number of nitrogens with zero attached hydrogens (tertiary/aromatic N) is 3. The molecule has 0 spiro atoms. The van der Waals surface area contributed by atoms with Crippen molar-refractivity contribution < 1.29 is 24.2 Å². The summed E-state index contributed by atoms with van der Waals surface area (Å²) in [7, 11) is 5.27. The van der Waals surface area contributed by atoms with E-state index in [-0.39, 0.29) is 18.7 Å². The molecule has 1 aromatic carbocycles. The number of hydrogen-bond donors (Lipinski definition) is 2. The zero-order valence-electron chi connectivity index (χ0n) is 20.1. The van der Waals surface area contributed by atoms with Crippen LogP contribution in [0.25, 0.3) is 11.3 Å². The van der Waals surface area contributed by atoms with Crippen LogP contribution in [0.2, 0.25) is 0 Å². The zero-order valence-corrected chi connectivity index (χ0v) is 20.1. The third-order valence-corrected chi connectivity index (χ3v) is 7.18. The molecular weight excluding hydrogens is 436 g/mol. The number of aryl methyl sites for hydroxylation is 1. The van der Waals surface area contributed by atoms with Crippen LogP contribution in [-0.2, 0) is 16.6 Å². The predicted octanol–water partition coefficient (Wildman–Crippen LogP) is 2.65. The molecule has 0 aliphatic carbocycles. The summed E-state index contributed by atoms with van der Waals surface area (Å²) in [6, 6.07) is 8.37. The SMILES string of the molecule is COc1ccc(-c2cc(C3CN4CCC3CC4CNC(=O)CCCC(=O)O)n(C)n2)cc1OC. The van der Waals surface area contributed by atoms with Crippen molar-refractivity contribution >= 4 is 11.9 Å². The fourth-order valence-electron chi connectivity index (χ4n) is 5.37. The molecule has 2 bridgehead atoms. The Hall–Kier alpha value is -3.07.